The first-order chi connectivity index (χ1) is 20.7. The second-order valence-electron chi connectivity index (χ2n) is 11.1. The van der Waals surface area contributed by atoms with E-state index in [0.717, 1.165) is 27.9 Å². The van der Waals surface area contributed by atoms with Crippen LogP contribution in [0.1, 0.15) is 60.9 Å². The van der Waals surface area contributed by atoms with Gasteiger partial charge in [0.25, 0.3) is 5.91 Å². The molecule has 2 atom stereocenters. The van der Waals surface area contributed by atoms with Crippen molar-refractivity contribution in [1.29, 1.82) is 0 Å². The molecular weight excluding hydrogens is 547 g/mol. The minimum absolute atomic E-state index is 0.0844. The molecule has 4 rings (SSSR count). The molecule has 0 bridgehead atoms. The van der Waals surface area contributed by atoms with Crippen molar-refractivity contribution in [3.05, 3.63) is 108 Å². The van der Waals surface area contributed by atoms with Gasteiger partial charge in [0, 0.05) is 29.4 Å². The SMILES string of the molecule is CC(C)n1c(CCC(O)CC(O)CC(=O)O)c(-c2ccc(F)cc2)c(-c2ccccc2)c1C(=O)NCCc1ccccc1. The van der Waals surface area contributed by atoms with E-state index in [0.29, 0.717) is 30.6 Å². The largest absolute Gasteiger partial charge is 0.481 e. The third-order valence-electron chi connectivity index (χ3n) is 7.44. The summed E-state index contributed by atoms with van der Waals surface area (Å²) < 4.78 is 16.0. The van der Waals surface area contributed by atoms with Crippen LogP contribution < -0.4 is 5.32 Å². The van der Waals surface area contributed by atoms with Gasteiger partial charge in [0.1, 0.15) is 11.5 Å². The molecule has 0 aliphatic rings. The molecule has 4 N–H and O–H groups in total. The molecule has 0 radical (unpaired) electrons. The summed E-state index contributed by atoms with van der Waals surface area (Å²) >= 11 is 0. The Balaban J connectivity index is 1.81. The van der Waals surface area contributed by atoms with Crippen molar-refractivity contribution in [3.63, 3.8) is 0 Å². The molecule has 0 fully saturated rings. The van der Waals surface area contributed by atoms with Crippen molar-refractivity contribution in [1.82, 2.24) is 9.88 Å². The molecule has 4 aromatic rings. The number of nitrogens with one attached hydrogen (secondary N) is 1. The summed E-state index contributed by atoms with van der Waals surface area (Å²) in [5, 5.41) is 32.9. The van der Waals surface area contributed by atoms with Gasteiger partial charge in [0.2, 0.25) is 0 Å². The summed E-state index contributed by atoms with van der Waals surface area (Å²) in [5.74, 6) is -1.76. The number of aliphatic hydroxyl groups excluding tert-OH is 2. The van der Waals surface area contributed by atoms with Gasteiger partial charge in [-0.1, -0.05) is 72.8 Å². The number of hydrogen-bond donors (Lipinski definition) is 4. The number of carboxylic acid groups (broad SMARTS) is 1. The van der Waals surface area contributed by atoms with E-state index < -0.39 is 24.6 Å². The van der Waals surface area contributed by atoms with Crippen LogP contribution in [0.25, 0.3) is 22.3 Å². The monoisotopic (exact) mass is 586 g/mol. The predicted molar refractivity (Wildman–Crippen MR) is 165 cm³/mol. The van der Waals surface area contributed by atoms with Crippen LogP contribution in [0.2, 0.25) is 0 Å². The normalized spacial score (nSPS) is 12.7. The third kappa shape index (κ3) is 8.18. The Hall–Kier alpha value is -4.27. The highest BCUT2D eigenvalue weighted by molar-refractivity contribution is 6.05. The predicted octanol–water partition coefficient (Wildman–Crippen LogP) is 6.03. The molecule has 0 aliphatic heterocycles. The molecule has 0 saturated carbocycles. The summed E-state index contributed by atoms with van der Waals surface area (Å²) in [5.41, 5.74) is 5.42. The number of aliphatic hydroxyl groups is 2. The maximum atomic E-state index is 14.1. The quantitative estimate of drug-likeness (QED) is 0.144. The fourth-order valence-electron chi connectivity index (χ4n) is 5.56. The van der Waals surface area contributed by atoms with Gasteiger partial charge in [-0.2, -0.15) is 0 Å². The molecule has 0 spiro atoms. The molecular formula is C35H39FN2O5. The average molecular weight is 587 g/mol. The van der Waals surface area contributed by atoms with E-state index in [2.05, 4.69) is 5.32 Å². The van der Waals surface area contributed by atoms with Crippen LogP contribution in [-0.2, 0) is 17.6 Å². The summed E-state index contributed by atoms with van der Waals surface area (Å²) in [6.07, 6.45) is -1.45. The van der Waals surface area contributed by atoms with Gasteiger partial charge in [-0.15, -0.1) is 0 Å². The molecule has 1 amide bonds. The first kappa shape index (κ1) is 31.7. The van der Waals surface area contributed by atoms with Gasteiger partial charge in [0.15, 0.2) is 0 Å². The summed E-state index contributed by atoms with van der Waals surface area (Å²) in [6.45, 7) is 4.41. The van der Waals surface area contributed by atoms with Crippen LogP contribution in [0.15, 0.2) is 84.9 Å². The van der Waals surface area contributed by atoms with Crippen LogP contribution in [0.3, 0.4) is 0 Å². The first-order valence-corrected chi connectivity index (χ1v) is 14.6. The van der Waals surface area contributed by atoms with Crippen LogP contribution in [0, 0.1) is 5.82 Å². The lowest BCUT2D eigenvalue weighted by atomic mass is 9.92. The van der Waals surface area contributed by atoms with Crippen LogP contribution in [-0.4, -0.2) is 50.5 Å². The number of carbonyl (C=O) groups excluding carboxylic acids is 1. The molecule has 2 unspecified atom stereocenters. The lowest BCUT2D eigenvalue weighted by Gasteiger charge is -2.20. The zero-order valence-electron chi connectivity index (χ0n) is 24.5. The topological polar surface area (TPSA) is 112 Å². The smallest absolute Gasteiger partial charge is 0.305 e. The van der Waals surface area contributed by atoms with Gasteiger partial charge < -0.3 is 25.2 Å². The molecule has 8 heteroatoms. The summed E-state index contributed by atoms with van der Waals surface area (Å²) in [7, 11) is 0. The van der Waals surface area contributed by atoms with E-state index in [1.807, 2.05) is 79.1 Å². The molecule has 1 heterocycles. The maximum absolute atomic E-state index is 14.1. The van der Waals surface area contributed by atoms with E-state index in [9.17, 15) is 24.2 Å². The summed E-state index contributed by atoms with van der Waals surface area (Å²) in [6, 6.07) is 25.5. The average Bonchev–Trinajstić information content (AvgIpc) is 3.32. The van der Waals surface area contributed by atoms with E-state index in [1.165, 1.54) is 12.1 Å². The Morgan fingerprint density at radius 2 is 1.42 bits per heavy atom. The molecule has 43 heavy (non-hydrogen) atoms. The highest BCUT2D eigenvalue weighted by Gasteiger charge is 2.30. The van der Waals surface area contributed by atoms with Crippen molar-refractivity contribution in [2.45, 2.75) is 64.2 Å². The maximum Gasteiger partial charge on any atom is 0.305 e. The van der Waals surface area contributed by atoms with Crippen molar-refractivity contribution < 1.29 is 29.3 Å². The number of rotatable bonds is 14. The molecule has 3 aromatic carbocycles. The fraction of sp³-hybridized carbons (Fsp3) is 0.314. The Morgan fingerprint density at radius 1 is 0.814 bits per heavy atom. The molecule has 7 nitrogen and oxygen atoms in total. The van der Waals surface area contributed by atoms with Crippen molar-refractivity contribution in [3.8, 4) is 22.3 Å². The van der Waals surface area contributed by atoms with Gasteiger partial charge in [-0.3, -0.25) is 9.59 Å². The number of halogens is 1. The van der Waals surface area contributed by atoms with Gasteiger partial charge >= 0.3 is 5.97 Å². The molecule has 226 valence electrons. The molecule has 1 aromatic heterocycles. The summed E-state index contributed by atoms with van der Waals surface area (Å²) in [4.78, 5) is 25.1. The minimum atomic E-state index is -1.17. The van der Waals surface area contributed by atoms with Crippen LogP contribution in [0.5, 0.6) is 0 Å². The number of carboxylic acids is 1. The number of hydrogen-bond acceptors (Lipinski definition) is 4. The van der Waals surface area contributed by atoms with Crippen molar-refractivity contribution in [2.75, 3.05) is 6.54 Å². The Kier molecular flexibility index (Phi) is 10.9. The fourth-order valence-corrected chi connectivity index (χ4v) is 5.56. The Morgan fingerprint density at radius 3 is 2.02 bits per heavy atom. The number of aromatic nitrogens is 1. The van der Waals surface area contributed by atoms with Crippen molar-refractivity contribution >= 4 is 11.9 Å². The lowest BCUT2D eigenvalue weighted by molar-refractivity contribution is -0.139. The van der Waals surface area contributed by atoms with E-state index >= 15 is 0 Å². The van der Waals surface area contributed by atoms with Crippen molar-refractivity contribution in [2.24, 2.45) is 0 Å². The standard InChI is InChI=1S/C35H39FN2O5/c1-23(2)38-30(18-17-28(39)21-29(40)22-31(41)42)32(26-13-15-27(36)16-14-26)33(25-11-7-4-8-12-25)34(38)35(43)37-20-19-24-9-5-3-6-10-24/h3-16,23,28-29,39-40H,17-22H2,1-2H3,(H,37,43)(H,41,42). The highest BCUT2D eigenvalue weighted by Crippen LogP contribution is 2.42. The van der Waals surface area contributed by atoms with Gasteiger partial charge in [-0.05, 0) is 68.4 Å². The van der Waals surface area contributed by atoms with Crippen LogP contribution in [0.4, 0.5) is 4.39 Å². The second-order valence-corrected chi connectivity index (χ2v) is 11.1. The zero-order chi connectivity index (χ0) is 30.9. The number of aliphatic carboxylic acids is 1. The van der Waals surface area contributed by atoms with E-state index in [1.54, 1.807) is 12.1 Å². The van der Waals surface area contributed by atoms with Gasteiger partial charge in [-0.25, -0.2) is 4.39 Å². The molecule has 0 aliphatic carbocycles. The number of benzene rings is 3. The Bertz CT molecular complexity index is 1500. The second kappa shape index (κ2) is 14.8. The van der Waals surface area contributed by atoms with E-state index in [4.69, 9.17) is 5.11 Å². The first-order valence-electron chi connectivity index (χ1n) is 14.6. The zero-order valence-corrected chi connectivity index (χ0v) is 24.5. The minimum Gasteiger partial charge on any atom is -0.481 e. The highest BCUT2D eigenvalue weighted by atomic mass is 19.1. The lowest BCUT2D eigenvalue weighted by Crippen LogP contribution is -2.29. The number of carbonyl (C=O) groups is 2. The van der Waals surface area contributed by atoms with Gasteiger partial charge in [0.05, 0.1) is 18.6 Å². The number of nitrogens with zero attached hydrogens (tertiary/aromatic N) is 1. The molecule has 0 saturated heterocycles. The Labute approximate surface area is 251 Å². The third-order valence-corrected chi connectivity index (χ3v) is 7.44. The van der Waals surface area contributed by atoms with Crippen LogP contribution >= 0.6 is 0 Å². The van der Waals surface area contributed by atoms with E-state index in [-0.39, 0.29) is 30.6 Å². The number of amides is 1.